The van der Waals surface area contributed by atoms with Crippen molar-refractivity contribution in [3.63, 3.8) is 0 Å². The van der Waals surface area contributed by atoms with Gasteiger partial charge in [-0.1, -0.05) is 0 Å². The summed E-state index contributed by atoms with van der Waals surface area (Å²) < 4.78 is 10.4. The Morgan fingerprint density at radius 3 is 2.31 bits per heavy atom. The highest BCUT2D eigenvalue weighted by atomic mass is 16.5. The highest BCUT2D eigenvalue weighted by molar-refractivity contribution is 4.73. The molecule has 0 aromatic rings. The lowest BCUT2D eigenvalue weighted by atomic mass is 10.1. The van der Waals surface area contributed by atoms with Crippen LogP contribution in [-0.4, -0.2) is 57.5 Å². The van der Waals surface area contributed by atoms with Crippen molar-refractivity contribution < 1.29 is 9.47 Å². The fourth-order valence-corrected chi connectivity index (χ4v) is 1.99. The first-order chi connectivity index (χ1) is 7.67. The third-order valence-electron chi connectivity index (χ3n) is 2.92. The van der Waals surface area contributed by atoms with Gasteiger partial charge in [0.15, 0.2) is 0 Å². The van der Waals surface area contributed by atoms with E-state index < -0.39 is 0 Å². The van der Waals surface area contributed by atoms with E-state index in [9.17, 15) is 0 Å². The minimum Gasteiger partial charge on any atom is -0.383 e. The molecule has 0 heterocycles. The van der Waals surface area contributed by atoms with Gasteiger partial charge in [-0.2, -0.15) is 0 Å². The molecule has 0 amide bonds. The van der Waals surface area contributed by atoms with Crippen LogP contribution in [0.5, 0.6) is 0 Å². The van der Waals surface area contributed by atoms with E-state index in [0.29, 0.717) is 12.1 Å². The van der Waals surface area contributed by atoms with Crippen molar-refractivity contribution in [1.29, 1.82) is 0 Å². The first-order valence-electron chi connectivity index (χ1n) is 6.11. The second kappa shape index (κ2) is 10.0. The fourth-order valence-electron chi connectivity index (χ4n) is 1.99. The van der Waals surface area contributed by atoms with Crippen LogP contribution in [0.2, 0.25) is 0 Å². The number of rotatable bonds is 10. The van der Waals surface area contributed by atoms with E-state index in [1.54, 1.807) is 14.2 Å². The maximum atomic E-state index is 5.54. The molecule has 0 fully saturated rings. The van der Waals surface area contributed by atoms with Gasteiger partial charge in [-0.25, -0.2) is 0 Å². The predicted molar refractivity (Wildman–Crippen MR) is 67.7 cm³/mol. The van der Waals surface area contributed by atoms with Crippen molar-refractivity contribution in [2.24, 2.45) is 5.73 Å². The SMILES string of the molecule is COCCN(C(C)CCCN)C(C)COC. The molecule has 0 saturated heterocycles. The molecule has 2 N–H and O–H groups in total. The zero-order valence-corrected chi connectivity index (χ0v) is 11.2. The van der Waals surface area contributed by atoms with Crippen LogP contribution >= 0.6 is 0 Å². The van der Waals surface area contributed by atoms with Crippen molar-refractivity contribution in [3.8, 4) is 0 Å². The minimum absolute atomic E-state index is 0.424. The smallest absolute Gasteiger partial charge is 0.0615 e. The molecule has 2 unspecified atom stereocenters. The summed E-state index contributed by atoms with van der Waals surface area (Å²) in [6.07, 6.45) is 2.21. The molecule has 0 aliphatic carbocycles. The standard InChI is InChI=1S/C12H28N2O2/c1-11(6-5-7-13)14(8-9-15-3)12(2)10-16-4/h11-12H,5-10,13H2,1-4H3. The van der Waals surface area contributed by atoms with E-state index in [4.69, 9.17) is 15.2 Å². The van der Waals surface area contributed by atoms with E-state index in [-0.39, 0.29) is 0 Å². The van der Waals surface area contributed by atoms with Gasteiger partial charge in [-0.05, 0) is 33.2 Å². The van der Waals surface area contributed by atoms with Gasteiger partial charge >= 0.3 is 0 Å². The molecule has 16 heavy (non-hydrogen) atoms. The van der Waals surface area contributed by atoms with Crippen LogP contribution in [0.3, 0.4) is 0 Å². The lowest BCUT2D eigenvalue weighted by Gasteiger charge is -2.34. The maximum absolute atomic E-state index is 5.54. The Morgan fingerprint density at radius 1 is 1.12 bits per heavy atom. The normalized spacial score (nSPS) is 15.4. The molecule has 4 nitrogen and oxygen atoms in total. The second-order valence-corrected chi connectivity index (χ2v) is 4.31. The lowest BCUT2D eigenvalue weighted by Crippen LogP contribution is -2.44. The van der Waals surface area contributed by atoms with Gasteiger partial charge in [0.2, 0.25) is 0 Å². The summed E-state index contributed by atoms with van der Waals surface area (Å²) in [5, 5.41) is 0. The third kappa shape index (κ3) is 6.43. The van der Waals surface area contributed by atoms with Crippen LogP contribution in [0.4, 0.5) is 0 Å². The van der Waals surface area contributed by atoms with Crippen LogP contribution in [-0.2, 0) is 9.47 Å². The van der Waals surface area contributed by atoms with Gasteiger partial charge in [0.05, 0.1) is 13.2 Å². The van der Waals surface area contributed by atoms with Crippen LogP contribution in [0, 0.1) is 0 Å². The van der Waals surface area contributed by atoms with Crippen molar-refractivity contribution in [2.75, 3.05) is 40.5 Å². The Morgan fingerprint density at radius 2 is 1.81 bits per heavy atom. The average molecular weight is 232 g/mol. The quantitative estimate of drug-likeness (QED) is 0.613. The van der Waals surface area contributed by atoms with Gasteiger partial charge < -0.3 is 15.2 Å². The van der Waals surface area contributed by atoms with Gasteiger partial charge in [-0.3, -0.25) is 4.90 Å². The fraction of sp³-hybridized carbons (Fsp3) is 1.00. The Balaban J connectivity index is 4.15. The summed E-state index contributed by atoms with van der Waals surface area (Å²) in [5.41, 5.74) is 5.54. The van der Waals surface area contributed by atoms with E-state index in [1.807, 2.05) is 0 Å². The summed E-state index contributed by atoms with van der Waals surface area (Å²) in [6, 6.07) is 0.955. The molecule has 0 aliphatic heterocycles. The Labute approximate surface area is 100 Å². The number of nitrogens with two attached hydrogens (primary N) is 1. The summed E-state index contributed by atoms with van der Waals surface area (Å²) in [7, 11) is 3.49. The van der Waals surface area contributed by atoms with Crippen LogP contribution < -0.4 is 5.73 Å². The Hall–Kier alpha value is -0.160. The zero-order valence-electron chi connectivity index (χ0n) is 11.2. The highest BCUT2D eigenvalue weighted by Crippen LogP contribution is 2.10. The molecule has 0 saturated carbocycles. The van der Waals surface area contributed by atoms with E-state index in [2.05, 4.69) is 18.7 Å². The molecule has 98 valence electrons. The number of hydrogen-bond donors (Lipinski definition) is 1. The van der Waals surface area contributed by atoms with Crippen LogP contribution in [0.25, 0.3) is 0 Å². The van der Waals surface area contributed by atoms with Crippen LogP contribution in [0.15, 0.2) is 0 Å². The molecule has 0 bridgehead atoms. The summed E-state index contributed by atoms with van der Waals surface area (Å²) in [6.45, 7) is 7.68. The molecule has 0 aromatic heterocycles. The summed E-state index contributed by atoms with van der Waals surface area (Å²) in [4.78, 5) is 2.43. The topological polar surface area (TPSA) is 47.7 Å². The summed E-state index contributed by atoms with van der Waals surface area (Å²) in [5.74, 6) is 0. The van der Waals surface area contributed by atoms with E-state index in [0.717, 1.165) is 39.1 Å². The number of hydrogen-bond acceptors (Lipinski definition) is 4. The lowest BCUT2D eigenvalue weighted by molar-refractivity contribution is 0.0490. The van der Waals surface area contributed by atoms with Crippen LogP contribution in [0.1, 0.15) is 26.7 Å². The largest absolute Gasteiger partial charge is 0.383 e. The van der Waals surface area contributed by atoms with Gasteiger partial charge in [0, 0.05) is 32.8 Å². The van der Waals surface area contributed by atoms with Gasteiger partial charge in [0.1, 0.15) is 0 Å². The number of nitrogens with zero attached hydrogens (tertiary/aromatic N) is 1. The predicted octanol–water partition coefficient (Wildman–Crippen LogP) is 1.10. The van der Waals surface area contributed by atoms with Crippen molar-refractivity contribution in [2.45, 2.75) is 38.8 Å². The monoisotopic (exact) mass is 232 g/mol. The molecule has 4 heteroatoms. The Kier molecular flexibility index (Phi) is 9.92. The number of methoxy groups -OCH3 is 2. The van der Waals surface area contributed by atoms with Crippen molar-refractivity contribution >= 4 is 0 Å². The van der Waals surface area contributed by atoms with Gasteiger partial charge in [-0.15, -0.1) is 0 Å². The highest BCUT2D eigenvalue weighted by Gasteiger charge is 2.19. The number of ether oxygens (including phenoxy) is 2. The van der Waals surface area contributed by atoms with E-state index >= 15 is 0 Å². The zero-order chi connectivity index (χ0) is 12.4. The first kappa shape index (κ1) is 15.8. The minimum atomic E-state index is 0.424. The molecule has 0 rings (SSSR count). The Bertz CT molecular complexity index is 156. The summed E-state index contributed by atoms with van der Waals surface area (Å²) >= 11 is 0. The molecule has 0 aliphatic rings. The second-order valence-electron chi connectivity index (χ2n) is 4.31. The molecule has 0 spiro atoms. The van der Waals surface area contributed by atoms with E-state index in [1.165, 1.54) is 0 Å². The molecular weight excluding hydrogens is 204 g/mol. The molecule has 2 atom stereocenters. The van der Waals surface area contributed by atoms with Crippen molar-refractivity contribution in [1.82, 2.24) is 4.90 Å². The van der Waals surface area contributed by atoms with Crippen molar-refractivity contribution in [3.05, 3.63) is 0 Å². The average Bonchev–Trinajstić information content (AvgIpc) is 2.27. The van der Waals surface area contributed by atoms with Gasteiger partial charge in [0.25, 0.3) is 0 Å². The molecule has 0 aromatic carbocycles. The maximum Gasteiger partial charge on any atom is 0.0615 e. The first-order valence-corrected chi connectivity index (χ1v) is 6.11. The third-order valence-corrected chi connectivity index (χ3v) is 2.92. The molecule has 0 radical (unpaired) electrons. The molecular formula is C12H28N2O2.